The molecule has 1 aromatic carbocycles. The summed E-state index contributed by atoms with van der Waals surface area (Å²) >= 11 is 0. The van der Waals surface area contributed by atoms with Crippen molar-refractivity contribution in [1.82, 2.24) is 0 Å². The Kier molecular flexibility index (Phi) is 3.69. The monoisotopic (exact) mass is 250 g/mol. The van der Waals surface area contributed by atoms with Crippen LogP contribution < -0.4 is 10.1 Å². The third-order valence-corrected chi connectivity index (χ3v) is 3.60. The molecule has 2 atom stereocenters. The van der Waals surface area contributed by atoms with E-state index in [0.717, 1.165) is 12.1 Å². The number of anilines is 1. The molecule has 0 bridgehead atoms. The molecule has 0 amide bonds. The number of ether oxygens (including phenoxy) is 1. The van der Waals surface area contributed by atoms with Gasteiger partial charge in [0.15, 0.2) is 0 Å². The molecule has 0 heterocycles. The number of hydrogen-bond acceptors (Lipinski definition) is 4. The molecule has 0 spiro atoms. The summed E-state index contributed by atoms with van der Waals surface area (Å²) in [5.41, 5.74) is 0.888. The van der Waals surface area contributed by atoms with Gasteiger partial charge in [0.05, 0.1) is 23.8 Å². The molecule has 0 saturated heterocycles. The highest BCUT2D eigenvalue weighted by Crippen LogP contribution is 2.33. The van der Waals surface area contributed by atoms with Gasteiger partial charge in [-0.2, -0.15) is 0 Å². The van der Waals surface area contributed by atoms with Crippen molar-refractivity contribution in [1.29, 1.82) is 0 Å². The molecule has 2 rings (SSSR count). The second kappa shape index (κ2) is 5.25. The van der Waals surface area contributed by atoms with Crippen LogP contribution in [-0.2, 0) is 0 Å². The predicted molar refractivity (Wildman–Crippen MR) is 70.1 cm³/mol. The van der Waals surface area contributed by atoms with Gasteiger partial charge >= 0.3 is 0 Å². The SMILES string of the molecule is COc1cc([N+](=O)[O-])ccc1NC1CCCC1C. The number of nitro groups is 1. The van der Waals surface area contributed by atoms with Gasteiger partial charge in [-0.3, -0.25) is 10.1 Å². The zero-order valence-corrected chi connectivity index (χ0v) is 10.7. The van der Waals surface area contributed by atoms with Crippen LogP contribution in [0.2, 0.25) is 0 Å². The molecule has 18 heavy (non-hydrogen) atoms. The normalized spacial score (nSPS) is 22.8. The summed E-state index contributed by atoms with van der Waals surface area (Å²) in [5.74, 6) is 1.16. The Labute approximate surface area is 106 Å². The molecule has 0 aliphatic heterocycles. The Hall–Kier alpha value is -1.78. The molecule has 5 nitrogen and oxygen atoms in total. The van der Waals surface area contributed by atoms with Gasteiger partial charge in [0.1, 0.15) is 5.75 Å². The van der Waals surface area contributed by atoms with Crippen molar-refractivity contribution in [2.75, 3.05) is 12.4 Å². The molecule has 1 aliphatic carbocycles. The molecule has 1 aliphatic rings. The fourth-order valence-electron chi connectivity index (χ4n) is 2.47. The number of hydrogen-bond donors (Lipinski definition) is 1. The number of rotatable bonds is 4. The van der Waals surface area contributed by atoms with Crippen LogP contribution in [0.25, 0.3) is 0 Å². The van der Waals surface area contributed by atoms with E-state index in [1.165, 1.54) is 32.1 Å². The van der Waals surface area contributed by atoms with E-state index in [-0.39, 0.29) is 5.69 Å². The van der Waals surface area contributed by atoms with E-state index in [1.54, 1.807) is 6.07 Å². The van der Waals surface area contributed by atoms with Crippen LogP contribution in [0.4, 0.5) is 11.4 Å². The summed E-state index contributed by atoms with van der Waals surface area (Å²) in [5, 5.41) is 14.1. The summed E-state index contributed by atoms with van der Waals surface area (Å²) in [4.78, 5) is 10.3. The third-order valence-electron chi connectivity index (χ3n) is 3.60. The zero-order valence-electron chi connectivity index (χ0n) is 10.7. The largest absolute Gasteiger partial charge is 0.494 e. The number of nitrogens with one attached hydrogen (secondary N) is 1. The lowest BCUT2D eigenvalue weighted by molar-refractivity contribution is -0.384. The first-order valence-corrected chi connectivity index (χ1v) is 6.21. The Bertz CT molecular complexity index is 448. The smallest absolute Gasteiger partial charge is 0.273 e. The van der Waals surface area contributed by atoms with Gasteiger partial charge in [0, 0.05) is 12.1 Å². The fraction of sp³-hybridized carbons (Fsp3) is 0.538. The molecular formula is C13H18N2O3. The van der Waals surface area contributed by atoms with Crippen LogP contribution in [0.5, 0.6) is 5.75 Å². The zero-order chi connectivity index (χ0) is 13.1. The van der Waals surface area contributed by atoms with E-state index >= 15 is 0 Å². The van der Waals surface area contributed by atoms with Crippen molar-refractivity contribution < 1.29 is 9.66 Å². The quantitative estimate of drug-likeness (QED) is 0.658. The molecular weight excluding hydrogens is 232 g/mol. The molecule has 1 aromatic rings. The Balaban J connectivity index is 2.19. The van der Waals surface area contributed by atoms with E-state index < -0.39 is 4.92 Å². The van der Waals surface area contributed by atoms with E-state index in [9.17, 15) is 10.1 Å². The molecule has 1 N–H and O–H groups in total. The lowest BCUT2D eigenvalue weighted by atomic mass is 10.1. The second-order valence-electron chi connectivity index (χ2n) is 4.80. The Morgan fingerprint density at radius 3 is 2.78 bits per heavy atom. The molecule has 0 aromatic heterocycles. The highest BCUT2D eigenvalue weighted by atomic mass is 16.6. The standard InChI is InChI=1S/C13H18N2O3/c1-9-4-3-5-11(9)14-12-7-6-10(15(16)17)8-13(12)18-2/h6-9,11,14H,3-5H2,1-2H3. The molecule has 98 valence electrons. The second-order valence-corrected chi connectivity index (χ2v) is 4.80. The average molecular weight is 250 g/mol. The summed E-state index contributed by atoms with van der Waals surface area (Å²) in [7, 11) is 1.53. The van der Waals surface area contributed by atoms with Crippen LogP contribution in [0, 0.1) is 16.0 Å². The molecule has 0 radical (unpaired) electrons. The van der Waals surface area contributed by atoms with Gasteiger partial charge in [-0.05, 0) is 24.8 Å². The summed E-state index contributed by atoms with van der Waals surface area (Å²) in [6, 6.07) is 5.12. The first kappa shape index (κ1) is 12.7. The minimum atomic E-state index is -0.412. The van der Waals surface area contributed by atoms with Crippen LogP contribution in [0.15, 0.2) is 18.2 Å². The average Bonchev–Trinajstić information content (AvgIpc) is 2.75. The Morgan fingerprint density at radius 2 is 2.22 bits per heavy atom. The van der Waals surface area contributed by atoms with E-state index in [1.807, 2.05) is 0 Å². The Morgan fingerprint density at radius 1 is 1.44 bits per heavy atom. The summed E-state index contributed by atoms with van der Waals surface area (Å²) in [6.45, 7) is 2.22. The van der Waals surface area contributed by atoms with Crippen molar-refractivity contribution in [3.63, 3.8) is 0 Å². The highest BCUT2D eigenvalue weighted by molar-refractivity contribution is 5.61. The summed E-state index contributed by atoms with van der Waals surface area (Å²) < 4.78 is 5.21. The van der Waals surface area contributed by atoms with Gasteiger partial charge in [-0.25, -0.2) is 0 Å². The van der Waals surface area contributed by atoms with Gasteiger partial charge in [-0.15, -0.1) is 0 Å². The van der Waals surface area contributed by atoms with Crippen LogP contribution in [0.1, 0.15) is 26.2 Å². The van der Waals surface area contributed by atoms with Crippen LogP contribution >= 0.6 is 0 Å². The van der Waals surface area contributed by atoms with Gasteiger partial charge in [0.25, 0.3) is 5.69 Å². The molecule has 5 heteroatoms. The topological polar surface area (TPSA) is 64.4 Å². The van der Waals surface area contributed by atoms with Crippen molar-refractivity contribution in [3.05, 3.63) is 28.3 Å². The maximum atomic E-state index is 10.7. The van der Waals surface area contributed by atoms with Crippen LogP contribution in [0.3, 0.4) is 0 Å². The first-order valence-electron chi connectivity index (χ1n) is 6.21. The van der Waals surface area contributed by atoms with E-state index in [2.05, 4.69) is 12.2 Å². The van der Waals surface area contributed by atoms with Gasteiger partial charge in [-0.1, -0.05) is 13.3 Å². The fourth-order valence-corrected chi connectivity index (χ4v) is 2.47. The molecule has 1 saturated carbocycles. The van der Waals surface area contributed by atoms with E-state index in [0.29, 0.717) is 17.7 Å². The van der Waals surface area contributed by atoms with Crippen molar-refractivity contribution in [2.24, 2.45) is 5.92 Å². The van der Waals surface area contributed by atoms with Crippen molar-refractivity contribution >= 4 is 11.4 Å². The minimum Gasteiger partial charge on any atom is -0.494 e. The first-order chi connectivity index (χ1) is 8.61. The number of benzene rings is 1. The molecule has 1 fully saturated rings. The lowest BCUT2D eigenvalue weighted by Gasteiger charge is -2.20. The maximum absolute atomic E-state index is 10.7. The van der Waals surface area contributed by atoms with E-state index in [4.69, 9.17) is 4.74 Å². The lowest BCUT2D eigenvalue weighted by Crippen LogP contribution is -2.22. The number of nitrogens with zero attached hydrogens (tertiary/aromatic N) is 1. The van der Waals surface area contributed by atoms with Crippen molar-refractivity contribution in [3.8, 4) is 5.75 Å². The third kappa shape index (κ3) is 2.55. The number of methoxy groups -OCH3 is 1. The predicted octanol–water partition coefficient (Wildman–Crippen LogP) is 3.20. The molecule has 2 unspecified atom stereocenters. The summed E-state index contributed by atoms with van der Waals surface area (Å²) in [6.07, 6.45) is 3.60. The van der Waals surface area contributed by atoms with Gasteiger partial charge in [0.2, 0.25) is 0 Å². The highest BCUT2D eigenvalue weighted by Gasteiger charge is 2.24. The minimum absolute atomic E-state index is 0.0527. The number of non-ortho nitro benzene ring substituents is 1. The number of nitro benzene ring substituents is 1. The van der Waals surface area contributed by atoms with Gasteiger partial charge < -0.3 is 10.1 Å². The van der Waals surface area contributed by atoms with Crippen LogP contribution in [-0.4, -0.2) is 18.1 Å². The maximum Gasteiger partial charge on any atom is 0.273 e. The van der Waals surface area contributed by atoms with Crippen molar-refractivity contribution in [2.45, 2.75) is 32.2 Å².